The molecule has 114 valence electrons. The maximum Gasteiger partial charge on any atom is 0.342 e. The summed E-state index contributed by atoms with van der Waals surface area (Å²) >= 11 is 3.32. The second-order valence-corrected chi connectivity index (χ2v) is 5.16. The summed E-state index contributed by atoms with van der Waals surface area (Å²) in [6.07, 6.45) is 0. The monoisotopic (exact) mass is 363 g/mol. The summed E-state index contributed by atoms with van der Waals surface area (Å²) in [5.74, 6) is -0.631. The third-order valence-corrected chi connectivity index (χ3v) is 3.50. The molecule has 0 saturated heterocycles. The van der Waals surface area contributed by atoms with E-state index < -0.39 is 11.9 Å². The molecule has 2 aromatic rings. The van der Waals surface area contributed by atoms with Gasteiger partial charge in [0, 0.05) is 4.47 Å². The summed E-state index contributed by atoms with van der Waals surface area (Å²) in [6, 6.07) is 13.8. The summed E-state index contributed by atoms with van der Waals surface area (Å²) in [6.45, 7) is -0.377. The summed E-state index contributed by atoms with van der Waals surface area (Å²) in [5, 5.41) is 2.65. The van der Waals surface area contributed by atoms with Gasteiger partial charge >= 0.3 is 5.97 Å². The quantitative estimate of drug-likeness (QED) is 0.828. The normalized spacial score (nSPS) is 9.91. The Balaban J connectivity index is 1.94. The molecule has 1 N–H and O–H groups in total. The minimum Gasteiger partial charge on any atom is -0.496 e. The zero-order valence-electron chi connectivity index (χ0n) is 11.8. The van der Waals surface area contributed by atoms with Gasteiger partial charge in [-0.1, -0.05) is 24.3 Å². The lowest BCUT2D eigenvalue weighted by atomic mass is 10.2. The topological polar surface area (TPSA) is 64.6 Å². The first-order valence-electron chi connectivity index (χ1n) is 6.46. The highest BCUT2D eigenvalue weighted by Crippen LogP contribution is 2.21. The van der Waals surface area contributed by atoms with Gasteiger partial charge in [0.15, 0.2) is 6.61 Å². The van der Waals surface area contributed by atoms with Crippen molar-refractivity contribution in [3.63, 3.8) is 0 Å². The molecule has 1 amide bonds. The Bertz CT molecular complexity index is 687. The molecule has 6 heteroatoms. The molecular weight excluding hydrogens is 350 g/mol. The van der Waals surface area contributed by atoms with Crippen LogP contribution in [0.25, 0.3) is 0 Å². The molecule has 0 bridgehead atoms. The molecule has 0 aliphatic rings. The van der Waals surface area contributed by atoms with Crippen LogP contribution in [0.4, 0.5) is 5.69 Å². The van der Waals surface area contributed by atoms with Crippen molar-refractivity contribution in [1.82, 2.24) is 0 Å². The van der Waals surface area contributed by atoms with Gasteiger partial charge in [0.2, 0.25) is 0 Å². The standard InChI is InChI=1S/C16H14BrNO4/c1-21-14-9-5-2-6-11(14)16(20)22-10-15(19)18-13-8-4-3-7-12(13)17/h2-9H,10H2,1H3,(H,18,19). The van der Waals surface area contributed by atoms with Crippen molar-refractivity contribution in [1.29, 1.82) is 0 Å². The van der Waals surface area contributed by atoms with E-state index in [4.69, 9.17) is 9.47 Å². The van der Waals surface area contributed by atoms with Gasteiger partial charge in [0.1, 0.15) is 11.3 Å². The minimum absolute atomic E-state index is 0.277. The Kier molecular flexibility index (Phi) is 5.55. The van der Waals surface area contributed by atoms with E-state index >= 15 is 0 Å². The lowest BCUT2D eigenvalue weighted by Crippen LogP contribution is -2.21. The maximum atomic E-state index is 12.0. The predicted molar refractivity (Wildman–Crippen MR) is 86.0 cm³/mol. The first-order chi connectivity index (χ1) is 10.6. The Morgan fingerprint density at radius 1 is 1.09 bits per heavy atom. The number of benzene rings is 2. The van der Waals surface area contributed by atoms with Crippen LogP contribution in [-0.4, -0.2) is 25.6 Å². The van der Waals surface area contributed by atoms with Crippen LogP contribution in [0.15, 0.2) is 53.0 Å². The van der Waals surface area contributed by atoms with Crippen LogP contribution in [0, 0.1) is 0 Å². The van der Waals surface area contributed by atoms with Gasteiger partial charge in [-0.25, -0.2) is 4.79 Å². The van der Waals surface area contributed by atoms with Crippen molar-refractivity contribution >= 4 is 33.5 Å². The van der Waals surface area contributed by atoms with Gasteiger partial charge in [-0.15, -0.1) is 0 Å². The van der Waals surface area contributed by atoms with Gasteiger partial charge in [-0.05, 0) is 40.2 Å². The van der Waals surface area contributed by atoms with Gasteiger partial charge in [0.25, 0.3) is 5.91 Å². The van der Waals surface area contributed by atoms with Crippen molar-refractivity contribution in [2.24, 2.45) is 0 Å². The molecule has 2 rings (SSSR count). The Morgan fingerprint density at radius 2 is 1.77 bits per heavy atom. The van der Waals surface area contributed by atoms with E-state index in [9.17, 15) is 9.59 Å². The SMILES string of the molecule is COc1ccccc1C(=O)OCC(=O)Nc1ccccc1Br. The Hall–Kier alpha value is -2.34. The molecule has 0 unspecified atom stereocenters. The molecule has 2 aromatic carbocycles. The van der Waals surface area contributed by atoms with E-state index in [1.54, 1.807) is 42.5 Å². The lowest BCUT2D eigenvalue weighted by Gasteiger charge is -2.09. The van der Waals surface area contributed by atoms with Crippen molar-refractivity contribution < 1.29 is 19.1 Å². The fourth-order valence-corrected chi connectivity index (χ4v) is 2.15. The number of carbonyl (C=O) groups excluding carboxylic acids is 2. The van der Waals surface area contributed by atoms with Crippen molar-refractivity contribution in [2.45, 2.75) is 0 Å². The number of anilines is 1. The largest absolute Gasteiger partial charge is 0.496 e. The summed E-state index contributed by atoms with van der Waals surface area (Å²) < 4.78 is 10.8. The van der Waals surface area contributed by atoms with E-state index in [0.29, 0.717) is 11.4 Å². The number of esters is 1. The van der Waals surface area contributed by atoms with Crippen LogP contribution in [0.1, 0.15) is 10.4 Å². The molecule has 0 aliphatic heterocycles. The van der Waals surface area contributed by atoms with Crippen LogP contribution in [0.5, 0.6) is 5.75 Å². The van der Waals surface area contributed by atoms with E-state index in [-0.39, 0.29) is 12.2 Å². The van der Waals surface area contributed by atoms with Crippen LogP contribution in [0.2, 0.25) is 0 Å². The molecular formula is C16H14BrNO4. The van der Waals surface area contributed by atoms with Gasteiger partial charge < -0.3 is 14.8 Å². The molecule has 0 aromatic heterocycles. The highest BCUT2D eigenvalue weighted by molar-refractivity contribution is 9.10. The number of halogens is 1. The number of hydrogen-bond acceptors (Lipinski definition) is 4. The average Bonchev–Trinajstić information content (AvgIpc) is 2.54. The molecule has 0 fully saturated rings. The first kappa shape index (κ1) is 16.0. The number of carbonyl (C=O) groups is 2. The Morgan fingerprint density at radius 3 is 2.50 bits per heavy atom. The maximum absolute atomic E-state index is 12.0. The average molecular weight is 364 g/mol. The van der Waals surface area contributed by atoms with Gasteiger partial charge in [-0.2, -0.15) is 0 Å². The minimum atomic E-state index is -0.611. The number of methoxy groups -OCH3 is 1. The van der Waals surface area contributed by atoms with Gasteiger partial charge in [-0.3, -0.25) is 4.79 Å². The molecule has 0 saturated carbocycles. The number of rotatable bonds is 5. The zero-order valence-corrected chi connectivity index (χ0v) is 13.4. The van der Waals surface area contributed by atoms with Crippen LogP contribution >= 0.6 is 15.9 Å². The number of ether oxygens (including phenoxy) is 2. The molecule has 5 nitrogen and oxygen atoms in total. The van der Waals surface area contributed by atoms with Crippen LogP contribution < -0.4 is 10.1 Å². The third kappa shape index (κ3) is 4.08. The number of nitrogens with one attached hydrogen (secondary N) is 1. The number of amides is 1. The molecule has 0 atom stereocenters. The first-order valence-corrected chi connectivity index (χ1v) is 7.25. The highest BCUT2D eigenvalue weighted by atomic mass is 79.9. The second kappa shape index (κ2) is 7.61. The van der Waals surface area contributed by atoms with E-state index in [1.807, 2.05) is 6.07 Å². The molecule has 0 radical (unpaired) electrons. The lowest BCUT2D eigenvalue weighted by molar-refractivity contribution is -0.119. The fraction of sp³-hybridized carbons (Fsp3) is 0.125. The van der Waals surface area contributed by atoms with E-state index in [1.165, 1.54) is 7.11 Å². The van der Waals surface area contributed by atoms with Gasteiger partial charge in [0.05, 0.1) is 12.8 Å². The summed E-state index contributed by atoms with van der Waals surface area (Å²) in [5.41, 5.74) is 0.888. The van der Waals surface area contributed by atoms with E-state index in [2.05, 4.69) is 21.2 Å². The Labute approximate surface area is 136 Å². The smallest absolute Gasteiger partial charge is 0.342 e. The molecule has 0 heterocycles. The third-order valence-electron chi connectivity index (χ3n) is 2.81. The van der Waals surface area contributed by atoms with Crippen molar-refractivity contribution in [3.8, 4) is 5.75 Å². The predicted octanol–water partition coefficient (Wildman–Crippen LogP) is 3.25. The van der Waals surface area contributed by atoms with Crippen LogP contribution in [0.3, 0.4) is 0 Å². The van der Waals surface area contributed by atoms with E-state index in [0.717, 1.165) is 4.47 Å². The molecule has 0 spiro atoms. The number of para-hydroxylation sites is 2. The second-order valence-electron chi connectivity index (χ2n) is 4.30. The molecule has 0 aliphatic carbocycles. The molecule has 22 heavy (non-hydrogen) atoms. The summed E-state index contributed by atoms with van der Waals surface area (Å²) in [4.78, 5) is 23.8. The zero-order chi connectivity index (χ0) is 15.9. The van der Waals surface area contributed by atoms with Crippen LogP contribution in [-0.2, 0) is 9.53 Å². The highest BCUT2D eigenvalue weighted by Gasteiger charge is 2.15. The number of hydrogen-bond donors (Lipinski definition) is 1. The summed E-state index contributed by atoms with van der Waals surface area (Å²) in [7, 11) is 1.46. The van der Waals surface area contributed by atoms with Crippen molar-refractivity contribution in [2.75, 3.05) is 19.0 Å². The van der Waals surface area contributed by atoms with Crippen molar-refractivity contribution in [3.05, 3.63) is 58.6 Å². The fourth-order valence-electron chi connectivity index (χ4n) is 1.77.